The second kappa shape index (κ2) is 13.5. The number of hydrogen-bond donors (Lipinski definition) is 2. The van der Waals surface area contributed by atoms with Crippen molar-refractivity contribution in [1.82, 2.24) is 20.2 Å². The van der Waals surface area contributed by atoms with E-state index in [2.05, 4.69) is 44.2 Å². The molecule has 1 unspecified atom stereocenters. The molecule has 0 radical (unpaired) electrons. The van der Waals surface area contributed by atoms with Crippen LogP contribution in [0.2, 0.25) is 0 Å². The highest BCUT2D eigenvalue weighted by molar-refractivity contribution is 6.21. The zero-order chi connectivity index (χ0) is 26.8. The van der Waals surface area contributed by atoms with Crippen LogP contribution in [0.4, 0.5) is 0 Å². The number of aromatic nitrogens is 2. The van der Waals surface area contributed by atoms with Gasteiger partial charge in [-0.3, -0.25) is 19.8 Å². The van der Waals surface area contributed by atoms with E-state index in [1.807, 2.05) is 56.6 Å². The molecule has 8 heteroatoms. The van der Waals surface area contributed by atoms with Gasteiger partial charge in [0.25, 0.3) is 0 Å². The predicted octanol–water partition coefficient (Wildman–Crippen LogP) is 5.32. The van der Waals surface area contributed by atoms with Gasteiger partial charge in [-0.2, -0.15) is 0 Å². The summed E-state index contributed by atoms with van der Waals surface area (Å²) < 4.78 is 0. The summed E-state index contributed by atoms with van der Waals surface area (Å²) in [7, 11) is 1.75. The van der Waals surface area contributed by atoms with Crippen molar-refractivity contribution in [1.29, 1.82) is 0 Å². The van der Waals surface area contributed by atoms with E-state index in [1.165, 1.54) is 0 Å². The monoisotopic (exact) mass is 523 g/mol. The summed E-state index contributed by atoms with van der Waals surface area (Å²) in [6.07, 6.45) is 12.8. The maximum atomic E-state index is 11.4. The molecule has 0 bridgehead atoms. The van der Waals surface area contributed by atoms with Crippen molar-refractivity contribution >= 4 is 23.4 Å². The number of pyridine rings is 2. The van der Waals surface area contributed by atoms with Crippen molar-refractivity contribution in [3.05, 3.63) is 71.8 Å². The van der Waals surface area contributed by atoms with Crippen LogP contribution < -0.4 is 5.32 Å². The minimum Gasteiger partial charge on any atom is -0.481 e. The number of nitrogens with zero attached hydrogens (tertiary/aromatic N) is 4. The van der Waals surface area contributed by atoms with Gasteiger partial charge in [-0.25, -0.2) is 0 Å². The fraction of sp³-hybridized carbons (Fsp3) is 0.448. The summed E-state index contributed by atoms with van der Waals surface area (Å²) in [6, 6.07) is 8.08. The van der Waals surface area contributed by atoms with Gasteiger partial charge in [0.05, 0.1) is 11.1 Å². The predicted molar refractivity (Wildman–Crippen MR) is 151 cm³/mol. The van der Waals surface area contributed by atoms with Gasteiger partial charge in [0.1, 0.15) is 5.84 Å². The van der Waals surface area contributed by atoms with Crippen LogP contribution in [-0.2, 0) is 11.2 Å². The fourth-order valence-corrected chi connectivity index (χ4v) is 4.27. The van der Waals surface area contributed by atoms with Crippen molar-refractivity contribution in [3.63, 3.8) is 0 Å². The van der Waals surface area contributed by atoms with Crippen LogP contribution in [0.1, 0.15) is 51.3 Å². The first kappa shape index (κ1) is 28.5. The van der Waals surface area contributed by atoms with Crippen molar-refractivity contribution in [3.8, 4) is 11.3 Å². The first-order valence-electron chi connectivity index (χ1n) is 12.9. The van der Waals surface area contributed by atoms with Gasteiger partial charge in [0.15, 0.2) is 0 Å². The van der Waals surface area contributed by atoms with Gasteiger partial charge in [-0.05, 0) is 76.5 Å². The Balaban J connectivity index is 1.58. The molecule has 1 fully saturated rings. The Morgan fingerprint density at radius 1 is 1.24 bits per heavy atom. The number of rotatable bonds is 10. The third-order valence-electron chi connectivity index (χ3n) is 6.77. The molecule has 7 nitrogen and oxygen atoms in total. The molecular formula is C29H38ClN5O2. The molecule has 2 aromatic rings. The first-order valence-corrected chi connectivity index (χ1v) is 13.3. The molecule has 2 N–H and O–H groups in total. The van der Waals surface area contributed by atoms with E-state index in [1.54, 1.807) is 7.05 Å². The fourth-order valence-electron chi connectivity index (χ4n) is 4.20. The van der Waals surface area contributed by atoms with Crippen LogP contribution in [0, 0.1) is 5.41 Å². The number of aliphatic imine (C=N–C) groups is 1. The van der Waals surface area contributed by atoms with E-state index >= 15 is 0 Å². The average molecular weight is 524 g/mol. The minimum atomic E-state index is -0.687. The molecule has 1 atom stereocenters. The summed E-state index contributed by atoms with van der Waals surface area (Å²) in [5.41, 5.74) is 4.07. The number of alkyl halides is 1. The zero-order valence-corrected chi connectivity index (χ0v) is 23.0. The second-order valence-electron chi connectivity index (χ2n) is 9.73. The lowest BCUT2D eigenvalue weighted by atomic mass is 9.80. The largest absolute Gasteiger partial charge is 0.481 e. The highest BCUT2D eigenvalue weighted by Crippen LogP contribution is 2.31. The minimum absolute atomic E-state index is 0.0510. The molecule has 1 aliphatic heterocycles. The topological polar surface area (TPSA) is 90.7 Å². The van der Waals surface area contributed by atoms with Crippen molar-refractivity contribution in [2.75, 3.05) is 26.7 Å². The third kappa shape index (κ3) is 8.23. The van der Waals surface area contributed by atoms with E-state index in [0.717, 1.165) is 66.5 Å². The molecule has 0 aromatic carbocycles. The molecule has 2 aromatic heterocycles. The van der Waals surface area contributed by atoms with E-state index in [0.29, 0.717) is 12.8 Å². The Morgan fingerprint density at radius 3 is 2.54 bits per heavy atom. The molecule has 0 saturated carbocycles. The Bertz CT molecular complexity index is 1120. The molecule has 3 rings (SSSR count). The van der Waals surface area contributed by atoms with Crippen LogP contribution in [0.25, 0.3) is 11.3 Å². The summed E-state index contributed by atoms with van der Waals surface area (Å²) in [4.78, 5) is 27.5. The standard InChI is InChI=1S/C29H38ClN5O2/c1-5-6-25(10-7-21(2)30)34-27(31-4)23-9-12-26(33-20-23)22-8-11-24(32-19-22)13-16-35-17-14-29(3,15-18-35)28(36)37/h6-12,19-21H,5,13-18H2,1-4H3,(H,31,34)(H,36,37)/b10-7-,25-6+. The van der Waals surface area contributed by atoms with Crippen molar-refractivity contribution < 1.29 is 9.90 Å². The Morgan fingerprint density at radius 2 is 2.00 bits per heavy atom. The van der Waals surface area contributed by atoms with E-state index in [4.69, 9.17) is 11.6 Å². The van der Waals surface area contributed by atoms with Gasteiger partial charge >= 0.3 is 5.97 Å². The lowest BCUT2D eigenvalue weighted by Crippen LogP contribution is -2.43. The number of carbonyl (C=O) groups is 1. The highest BCUT2D eigenvalue weighted by Gasteiger charge is 2.36. The molecule has 1 saturated heterocycles. The second-order valence-corrected chi connectivity index (χ2v) is 10.4. The number of hydrogen-bond acceptors (Lipinski definition) is 5. The third-order valence-corrected chi connectivity index (χ3v) is 6.91. The van der Waals surface area contributed by atoms with Gasteiger partial charge in [0, 0.05) is 60.3 Å². The van der Waals surface area contributed by atoms with Crippen LogP contribution in [0.15, 0.2) is 65.6 Å². The molecule has 3 heterocycles. The van der Waals surface area contributed by atoms with Crippen LogP contribution in [-0.4, -0.2) is 63.8 Å². The van der Waals surface area contributed by atoms with Gasteiger partial charge in [-0.15, -0.1) is 11.6 Å². The Hall–Kier alpha value is -3.03. The molecule has 0 aliphatic carbocycles. The number of carboxylic acids is 1. The lowest BCUT2D eigenvalue weighted by molar-refractivity contribution is -0.150. The van der Waals surface area contributed by atoms with E-state index in [-0.39, 0.29) is 5.38 Å². The number of allylic oxidation sites excluding steroid dienone is 3. The first-order chi connectivity index (χ1) is 17.7. The van der Waals surface area contributed by atoms with E-state index < -0.39 is 11.4 Å². The summed E-state index contributed by atoms with van der Waals surface area (Å²) in [6.45, 7) is 8.37. The number of halogens is 1. The molecule has 1 aliphatic rings. The van der Waals surface area contributed by atoms with E-state index in [9.17, 15) is 9.90 Å². The SMILES string of the molecule is CC/C=C(\C=C/C(C)Cl)NC(=NC)c1ccc(-c2ccc(CCN3CCC(C)(C(=O)O)CC3)nc2)nc1. The molecule has 37 heavy (non-hydrogen) atoms. The molecule has 198 valence electrons. The number of aliphatic carboxylic acids is 1. The number of likely N-dealkylation sites (tertiary alicyclic amines) is 1. The Kier molecular flexibility index (Phi) is 10.4. The zero-order valence-electron chi connectivity index (χ0n) is 22.2. The number of amidine groups is 1. The van der Waals surface area contributed by atoms with Crippen LogP contribution in [0.3, 0.4) is 0 Å². The van der Waals surface area contributed by atoms with Crippen molar-refractivity contribution in [2.24, 2.45) is 10.4 Å². The quantitative estimate of drug-likeness (QED) is 0.190. The molecule has 0 spiro atoms. The number of carboxylic acid groups (broad SMARTS) is 1. The van der Waals surface area contributed by atoms with Crippen LogP contribution in [0.5, 0.6) is 0 Å². The summed E-state index contributed by atoms with van der Waals surface area (Å²) in [5.74, 6) is 0.0492. The van der Waals surface area contributed by atoms with Crippen molar-refractivity contribution in [2.45, 2.75) is 51.8 Å². The van der Waals surface area contributed by atoms with Gasteiger partial charge in [0.2, 0.25) is 0 Å². The maximum absolute atomic E-state index is 11.4. The number of piperidine rings is 1. The normalized spacial score (nSPS) is 17.6. The lowest BCUT2D eigenvalue weighted by Gasteiger charge is -2.36. The highest BCUT2D eigenvalue weighted by atomic mass is 35.5. The smallest absolute Gasteiger partial charge is 0.309 e. The summed E-state index contributed by atoms with van der Waals surface area (Å²) in [5, 5.41) is 12.7. The summed E-state index contributed by atoms with van der Waals surface area (Å²) >= 11 is 6.06. The molecule has 0 amide bonds. The Labute approximate surface area is 225 Å². The van der Waals surface area contributed by atoms with Crippen LogP contribution >= 0.6 is 11.6 Å². The van der Waals surface area contributed by atoms with Gasteiger partial charge in [-0.1, -0.05) is 19.1 Å². The number of nitrogens with one attached hydrogen (secondary N) is 1. The van der Waals surface area contributed by atoms with Gasteiger partial charge < -0.3 is 15.3 Å². The average Bonchev–Trinajstić information content (AvgIpc) is 2.90. The maximum Gasteiger partial charge on any atom is 0.309 e. The molecular weight excluding hydrogens is 486 g/mol.